The molecule has 0 aromatic heterocycles. The number of methoxy groups -OCH3 is 1. The van der Waals surface area contributed by atoms with E-state index < -0.39 is 0 Å². The van der Waals surface area contributed by atoms with Crippen molar-refractivity contribution in [3.8, 4) is 5.75 Å². The zero-order valence-electron chi connectivity index (χ0n) is 14.8. The largest absolute Gasteiger partial charge is 0.495 e. The van der Waals surface area contributed by atoms with Gasteiger partial charge in [-0.05, 0) is 48.7 Å². The topological polar surface area (TPSA) is 67.4 Å². The molecule has 5 nitrogen and oxygen atoms in total. The Balaban J connectivity index is 1.99. The number of ether oxygens (including phenoxy) is 1. The molecule has 2 aromatic rings. The van der Waals surface area contributed by atoms with E-state index in [9.17, 15) is 9.59 Å². The maximum absolute atomic E-state index is 12.3. The van der Waals surface area contributed by atoms with Crippen LogP contribution in [-0.4, -0.2) is 25.5 Å². The lowest BCUT2D eigenvalue weighted by atomic mass is 10.1. The first-order valence-corrected chi connectivity index (χ1v) is 8.34. The second-order valence-corrected chi connectivity index (χ2v) is 6.17. The third kappa shape index (κ3) is 5.35. The van der Waals surface area contributed by atoms with Gasteiger partial charge in [-0.2, -0.15) is 0 Å². The van der Waals surface area contributed by atoms with E-state index in [2.05, 4.69) is 24.5 Å². The minimum absolute atomic E-state index is 0.127. The number of benzene rings is 2. The zero-order chi connectivity index (χ0) is 18.2. The van der Waals surface area contributed by atoms with Crippen LogP contribution in [0.15, 0.2) is 48.5 Å². The lowest BCUT2D eigenvalue weighted by Crippen LogP contribution is -2.25. The van der Waals surface area contributed by atoms with Crippen LogP contribution >= 0.6 is 0 Å². The van der Waals surface area contributed by atoms with E-state index in [-0.39, 0.29) is 11.8 Å². The van der Waals surface area contributed by atoms with Crippen LogP contribution in [0.1, 0.15) is 41.0 Å². The molecule has 2 rings (SSSR count). The summed E-state index contributed by atoms with van der Waals surface area (Å²) in [6, 6.07) is 13.8. The highest BCUT2D eigenvalue weighted by Gasteiger charge is 2.11. The second kappa shape index (κ2) is 8.87. The van der Waals surface area contributed by atoms with Gasteiger partial charge in [0.25, 0.3) is 11.8 Å². The third-order valence-electron chi connectivity index (χ3n) is 3.77. The van der Waals surface area contributed by atoms with Gasteiger partial charge in [-0.3, -0.25) is 9.59 Å². The van der Waals surface area contributed by atoms with Gasteiger partial charge in [0.2, 0.25) is 0 Å². The summed E-state index contributed by atoms with van der Waals surface area (Å²) in [4.78, 5) is 24.4. The van der Waals surface area contributed by atoms with Crippen molar-refractivity contribution in [2.24, 2.45) is 5.92 Å². The number of rotatable bonds is 7. The summed E-state index contributed by atoms with van der Waals surface area (Å²) in [6.45, 7) is 4.87. The summed E-state index contributed by atoms with van der Waals surface area (Å²) in [6.07, 6.45) is 0.936. The van der Waals surface area contributed by atoms with Gasteiger partial charge in [0.15, 0.2) is 0 Å². The fourth-order valence-electron chi connectivity index (χ4n) is 2.29. The molecule has 0 fully saturated rings. The number of amides is 2. The van der Waals surface area contributed by atoms with Crippen LogP contribution in [0.25, 0.3) is 0 Å². The molecule has 0 aliphatic heterocycles. The maximum atomic E-state index is 12.3. The van der Waals surface area contributed by atoms with E-state index in [1.807, 2.05) is 12.1 Å². The fourth-order valence-corrected chi connectivity index (χ4v) is 2.29. The number of carbonyl (C=O) groups is 2. The summed E-state index contributed by atoms with van der Waals surface area (Å²) in [5, 5.41) is 5.69. The Morgan fingerprint density at radius 3 is 2.16 bits per heavy atom. The molecule has 0 saturated heterocycles. The lowest BCUT2D eigenvalue weighted by Gasteiger charge is -2.10. The summed E-state index contributed by atoms with van der Waals surface area (Å²) in [5.41, 5.74) is 1.62. The van der Waals surface area contributed by atoms with E-state index in [1.54, 1.807) is 43.5 Å². The molecule has 0 spiro atoms. The minimum Gasteiger partial charge on any atom is -0.495 e. The van der Waals surface area contributed by atoms with Crippen molar-refractivity contribution in [3.05, 3.63) is 59.7 Å². The molecule has 2 aromatic carbocycles. The Bertz CT molecular complexity index is 724. The second-order valence-electron chi connectivity index (χ2n) is 6.17. The first-order chi connectivity index (χ1) is 12.0. The Labute approximate surface area is 148 Å². The molecule has 0 heterocycles. The average molecular weight is 340 g/mol. The molecule has 0 aliphatic carbocycles. The highest BCUT2D eigenvalue weighted by molar-refractivity contribution is 6.05. The zero-order valence-corrected chi connectivity index (χ0v) is 14.8. The number of nitrogens with one attached hydrogen (secondary N) is 2. The monoisotopic (exact) mass is 340 g/mol. The molecule has 0 saturated carbocycles. The lowest BCUT2D eigenvalue weighted by molar-refractivity contribution is 0.0950. The summed E-state index contributed by atoms with van der Waals surface area (Å²) >= 11 is 0. The van der Waals surface area contributed by atoms with Crippen LogP contribution in [0.4, 0.5) is 5.69 Å². The van der Waals surface area contributed by atoms with E-state index >= 15 is 0 Å². The highest BCUT2D eigenvalue weighted by Crippen LogP contribution is 2.23. The van der Waals surface area contributed by atoms with Crippen LogP contribution in [0, 0.1) is 5.92 Å². The highest BCUT2D eigenvalue weighted by atomic mass is 16.5. The van der Waals surface area contributed by atoms with Crippen molar-refractivity contribution in [2.75, 3.05) is 19.0 Å². The van der Waals surface area contributed by atoms with E-state index in [0.717, 1.165) is 6.42 Å². The van der Waals surface area contributed by atoms with Crippen LogP contribution in [-0.2, 0) is 0 Å². The SMILES string of the molecule is COc1ccccc1NC(=O)c1ccc(C(=O)NCCC(C)C)cc1. The number of hydrogen-bond donors (Lipinski definition) is 2. The van der Waals surface area contributed by atoms with Crippen LogP contribution in [0.2, 0.25) is 0 Å². The maximum Gasteiger partial charge on any atom is 0.255 e. The van der Waals surface area contributed by atoms with Crippen molar-refractivity contribution >= 4 is 17.5 Å². The van der Waals surface area contributed by atoms with Gasteiger partial charge < -0.3 is 15.4 Å². The average Bonchev–Trinajstić information content (AvgIpc) is 2.62. The van der Waals surface area contributed by atoms with Crippen molar-refractivity contribution in [3.63, 3.8) is 0 Å². The van der Waals surface area contributed by atoms with Crippen molar-refractivity contribution in [1.29, 1.82) is 0 Å². The van der Waals surface area contributed by atoms with Gasteiger partial charge in [0, 0.05) is 17.7 Å². The number of carbonyl (C=O) groups excluding carboxylic acids is 2. The van der Waals surface area contributed by atoms with Crippen molar-refractivity contribution in [1.82, 2.24) is 5.32 Å². The van der Waals surface area contributed by atoms with Gasteiger partial charge in [-0.15, -0.1) is 0 Å². The summed E-state index contributed by atoms with van der Waals surface area (Å²) < 4.78 is 5.22. The van der Waals surface area contributed by atoms with Crippen LogP contribution in [0.3, 0.4) is 0 Å². The number of anilines is 1. The van der Waals surface area contributed by atoms with E-state index in [4.69, 9.17) is 4.74 Å². The fraction of sp³-hybridized carbons (Fsp3) is 0.300. The molecule has 0 atom stereocenters. The van der Waals surface area contributed by atoms with Gasteiger partial charge in [0.1, 0.15) is 5.75 Å². The summed E-state index contributed by atoms with van der Waals surface area (Å²) in [5.74, 6) is 0.756. The predicted molar refractivity (Wildman–Crippen MR) is 99.2 cm³/mol. The first-order valence-electron chi connectivity index (χ1n) is 8.34. The Hall–Kier alpha value is -2.82. The van der Waals surface area contributed by atoms with Gasteiger partial charge >= 0.3 is 0 Å². The Morgan fingerprint density at radius 1 is 0.960 bits per heavy atom. The Kier molecular flexibility index (Phi) is 6.57. The molecule has 25 heavy (non-hydrogen) atoms. The molecule has 2 N–H and O–H groups in total. The molecule has 2 amide bonds. The molecular weight excluding hydrogens is 316 g/mol. The van der Waals surface area contributed by atoms with Gasteiger partial charge in [-0.25, -0.2) is 0 Å². The molecule has 132 valence electrons. The quantitative estimate of drug-likeness (QED) is 0.807. The summed E-state index contributed by atoms with van der Waals surface area (Å²) in [7, 11) is 1.55. The number of para-hydroxylation sites is 2. The van der Waals surface area contributed by atoms with Crippen molar-refractivity contribution in [2.45, 2.75) is 20.3 Å². The van der Waals surface area contributed by atoms with E-state index in [0.29, 0.717) is 35.0 Å². The van der Waals surface area contributed by atoms with Crippen LogP contribution in [0.5, 0.6) is 5.75 Å². The molecule has 0 unspecified atom stereocenters. The number of hydrogen-bond acceptors (Lipinski definition) is 3. The molecule has 0 radical (unpaired) electrons. The van der Waals surface area contributed by atoms with Crippen molar-refractivity contribution < 1.29 is 14.3 Å². The molecule has 0 bridgehead atoms. The Morgan fingerprint density at radius 2 is 1.56 bits per heavy atom. The third-order valence-corrected chi connectivity index (χ3v) is 3.77. The molecule has 5 heteroatoms. The predicted octanol–water partition coefficient (Wildman–Crippen LogP) is 3.72. The molecule has 0 aliphatic rings. The van der Waals surface area contributed by atoms with Gasteiger partial charge in [-0.1, -0.05) is 26.0 Å². The molecular formula is C20H24N2O3. The standard InChI is InChI=1S/C20H24N2O3/c1-14(2)12-13-21-19(23)15-8-10-16(11-9-15)20(24)22-17-6-4-5-7-18(17)25-3/h4-11,14H,12-13H2,1-3H3,(H,21,23)(H,22,24). The normalized spacial score (nSPS) is 10.4. The first kappa shape index (κ1) is 18.5. The van der Waals surface area contributed by atoms with E-state index in [1.165, 1.54) is 0 Å². The smallest absolute Gasteiger partial charge is 0.255 e. The van der Waals surface area contributed by atoms with Gasteiger partial charge in [0.05, 0.1) is 12.8 Å². The van der Waals surface area contributed by atoms with Crippen LogP contribution < -0.4 is 15.4 Å². The minimum atomic E-state index is -0.253.